The number of nitriles is 1. The maximum absolute atomic E-state index is 12.5. The topological polar surface area (TPSA) is 120 Å². The van der Waals surface area contributed by atoms with Crippen LogP contribution in [0, 0.1) is 32.1 Å². The lowest BCUT2D eigenvalue weighted by Crippen LogP contribution is -2.44. The van der Waals surface area contributed by atoms with Gasteiger partial charge in [-0.1, -0.05) is 7.43 Å². The average molecular weight is 344 g/mol. The van der Waals surface area contributed by atoms with Gasteiger partial charge in [-0.3, -0.25) is 4.79 Å². The molecule has 0 saturated heterocycles. The highest BCUT2D eigenvalue weighted by Crippen LogP contribution is 2.19. The Labute approximate surface area is 144 Å². The van der Waals surface area contributed by atoms with Gasteiger partial charge in [-0.2, -0.15) is 5.26 Å². The van der Waals surface area contributed by atoms with Crippen molar-refractivity contribution in [1.82, 2.24) is 9.24 Å². The molecule has 0 amide bonds. The quantitative estimate of drug-likeness (QED) is 0.639. The van der Waals surface area contributed by atoms with Gasteiger partial charge in [0.25, 0.3) is 5.56 Å². The molecular weight excluding hydrogens is 324 g/mol. The van der Waals surface area contributed by atoms with Crippen LogP contribution in [0.5, 0.6) is 0 Å². The molecule has 0 aliphatic carbocycles. The molecule has 0 atom stereocenters. The third-order valence-corrected chi connectivity index (χ3v) is 3.93. The van der Waals surface area contributed by atoms with E-state index in [1.807, 2.05) is 6.07 Å². The number of carbonyl (C=O) groups is 1. The molecule has 0 unspecified atom stereocenters. The first-order valence-corrected chi connectivity index (χ1v) is 6.98. The van der Waals surface area contributed by atoms with Crippen molar-refractivity contribution in [2.45, 2.75) is 28.2 Å². The van der Waals surface area contributed by atoms with Crippen molar-refractivity contribution in [2.75, 3.05) is 13.0 Å². The Bertz CT molecular complexity index is 972. The molecule has 0 aliphatic heterocycles. The summed E-state index contributed by atoms with van der Waals surface area (Å²) in [5, 5.41) is 9.17. The number of aromatic nitrogens is 2. The molecule has 8 heteroatoms. The lowest BCUT2D eigenvalue weighted by atomic mass is 10.0. The predicted octanol–water partition coefficient (Wildman–Crippen LogP) is 0.933. The highest BCUT2D eigenvalue weighted by molar-refractivity contribution is 5.93. The molecule has 132 valence electrons. The summed E-state index contributed by atoms with van der Waals surface area (Å²) in [6.45, 7) is 4.74. The number of rotatable bonds is 2. The number of methoxy groups -OCH3 is 1. The number of esters is 1. The molecule has 1 heterocycles. The lowest BCUT2D eigenvalue weighted by Gasteiger charge is -2.15. The van der Waals surface area contributed by atoms with Crippen LogP contribution in [-0.4, -0.2) is 22.3 Å². The first-order valence-electron chi connectivity index (χ1n) is 6.98. The second-order valence-corrected chi connectivity index (χ2v) is 5.29. The maximum Gasteiger partial charge on any atom is 0.354 e. The van der Waals surface area contributed by atoms with E-state index in [1.54, 1.807) is 20.8 Å². The van der Waals surface area contributed by atoms with Crippen LogP contribution in [0.3, 0.4) is 0 Å². The van der Waals surface area contributed by atoms with Gasteiger partial charge in [0.15, 0.2) is 0 Å². The molecule has 0 bridgehead atoms. The zero-order chi connectivity index (χ0) is 18.2. The zero-order valence-corrected chi connectivity index (χ0v) is 13.7. The number of hydrogen-bond donors (Lipinski definition) is 1. The predicted molar refractivity (Wildman–Crippen MR) is 93.4 cm³/mol. The van der Waals surface area contributed by atoms with Crippen LogP contribution in [0.2, 0.25) is 0 Å². The van der Waals surface area contributed by atoms with Crippen LogP contribution in [0.1, 0.15) is 40.2 Å². The van der Waals surface area contributed by atoms with Gasteiger partial charge in [-0.05, 0) is 38.5 Å². The highest BCUT2D eigenvalue weighted by Gasteiger charge is 2.19. The average Bonchev–Trinajstić information content (AvgIpc) is 2.58. The standard InChI is InChI=1S/C16H16N4O4.CH4/c1-8-5-11(7-17)12(15(22)24-4)6-13(8)19-14(21)9(2)10(3)20(18)16(19)23;/h5-6H,18H2,1-4H3;1H4. The van der Waals surface area contributed by atoms with Crippen molar-refractivity contribution in [2.24, 2.45) is 0 Å². The Kier molecular flexibility index (Phi) is 5.56. The van der Waals surface area contributed by atoms with E-state index in [1.165, 1.54) is 19.2 Å². The van der Waals surface area contributed by atoms with E-state index >= 15 is 0 Å². The number of carbonyl (C=O) groups excluding carboxylic acids is 1. The summed E-state index contributed by atoms with van der Waals surface area (Å²) in [6, 6.07) is 4.60. The molecule has 0 saturated carbocycles. The van der Waals surface area contributed by atoms with E-state index in [0.717, 1.165) is 9.24 Å². The molecular formula is C17H20N4O4. The lowest BCUT2D eigenvalue weighted by molar-refractivity contribution is 0.0600. The molecule has 25 heavy (non-hydrogen) atoms. The molecule has 8 nitrogen and oxygen atoms in total. The van der Waals surface area contributed by atoms with E-state index in [0.29, 0.717) is 16.8 Å². The first-order chi connectivity index (χ1) is 11.2. The molecule has 1 aromatic carbocycles. The molecule has 0 radical (unpaired) electrons. The molecule has 0 fully saturated rings. The van der Waals surface area contributed by atoms with Crippen molar-refractivity contribution in [3.63, 3.8) is 0 Å². The van der Waals surface area contributed by atoms with Gasteiger partial charge < -0.3 is 10.6 Å². The number of nitrogens with two attached hydrogens (primary N) is 1. The monoisotopic (exact) mass is 344 g/mol. The maximum atomic E-state index is 12.5. The molecule has 0 aliphatic rings. The van der Waals surface area contributed by atoms with Crippen molar-refractivity contribution in [3.8, 4) is 11.8 Å². The Hall–Kier alpha value is -3.34. The minimum absolute atomic E-state index is 0. The normalized spacial score (nSPS) is 9.88. The zero-order valence-electron chi connectivity index (χ0n) is 13.7. The highest BCUT2D eigenvalue weighted by atomic mass is 16.5. The van der Waals surface area contributed by atoms with Crippen LogP contribution in [0.4, 0.5) is 0 Å². The van der Waals surface area contributed by atoms with Crippen LogP contribution in [0.25, 0.3) is 5.69 Å². The second kappa shape index (κ2) is 7.05. The summed E-state index contributed by atoms with van der Waals surface area (Å²) >= 11 is 0. The number of hydrogen-bond acceptors (Lipinski definition) is 6. The number of ether oxygens (including phenoxy) is 1. The summed E-state index contributed by atoms with van der Waals surface area (Å²) in [7, 11) is 1.18. The van der Waals surface area contributed by atoms with E-state index in [4.69, 9.17) is 5.84 Å². The molecule has 0 spiro atoms. The minimum Gasteiger partial charge on any atom is -0.465 e. The van der Waals surface area contributed by atoms with Crippen molar-refractivity contribution >= 4 is 5.97 Å². The van der Waals surface area contributed by atoms with E-state index in [9.17, 15) is 19.6 Å². The SMILES string of the molecule is C.COC(=O)c1cc(-n2c(=O)c(C)c(C)n(N)c2=O)c(C)cc1C#N. The van der Waals surface area contributed by atoms with Crippen LogP contribution in [-0.2, 0) is 4.74 Å². The second-order valence-electron chi connectivity index (χ2n) is 5.29. The summed E-state index contributed by atoms with van der Waals surface area (Å²) in [6.07, 6.45) is 0. The van der Waals surface area contributed by atoms with Crippen molar-refractivity contribution < 1.29 is 9.53 Å². The summed E-state index contributed by atoms with van der Waals surface area (Å²) in [5.41, 5.74) is 0.0749. The Morgan fingerprint density at radius 2 is 1.84 bits per heavy atom. The number of benzene rings is 1. The van der Waals surface area contributed by atoms with E-state index < -0.39 is 17.2 Å². The van der Waals surface area contributed by atoms with Crippen molar-refractivity contribution in [1.29, 1.82) is 5.26 Å². The summed E-state index contributed by atoms with van der Waals surface area (Å²) < 4.78 is 6.40. The van der Waals surface area contributed by atoms with Gasteiger partial charge in [-0.15, -0.1) is 0 Å². The van der Waals surface area contributed by atoms with Gasteiger partial charge in [0.1, 0.15) is 6.07 Å². The fourth-order valence-corrected chi connectivity index (χ4v) is 2.36. The van der Waals surface area contributed by atoms with Gasteiger partial charge in [0, 0.05) is 5.56 Å². The number of aryl methyl sites for hydroxylation is 1. The van der Waals surface area contributed by atoms with Gasteiger partial charge in [0.05, 0.1) is 29.6 Å². The molecule has 2 N–H and O–H groups in total. The number of nitrogen functional groups attached to an aromatic ring is 1. The smallest absolute Gasteiger partial charge is 0.354 e. The first kappa shape index (κ1) is 19.7. The molecule has 1 aromatic heterocycles. The summed E-state index contributed by atoms with van der Waals surface area (Å²) in [5.74, 6) is 4.98. The van der Waals surface area contributed by atoms with Crippen LogP contribution < -0.4 is 17.1 Å². The largest absolute Gasteiger partial charge is 0.465 e. The fraction of sp³-hybridized carbons (Fsp3) is 0.294. The van der Waals surface area contributed by atoms with Crippen LogP contribution >= 0.6 is 0 Å². The Morgan fingerprint density at radius 1 is 1.24 bits per heavy atom. The van der Waals surface area contributed by atoms with E-state index in [2.05, 4.69) is 4.74 Å². The third kappa shape index (κ3) is 3.04. The third-order valence-electron chi connectivity index (χ3n) is 3.93. The van der Waals surface area contributed by atoms with Gasteiger partial charge >= 0.3 is 11.7 Å². The van der Waals surface area contributed by atoms with Crippen molar-refractivity contribution in [3.05, 3.63) is 60.9 Å². The Morgan fingerprint density at radius 3 is 2.36 bits per heavy atom. The van der Waals surface area contributed by atoms with Gasteiger partial charge in [0.2, 0.25) is 0 Å². The number of nitrogens with zero attached hydrogens (tertiary/aromatic N) is 3. The minimum atomic E-state index is -0.744. The Balaban J connectivity index is 0.00000312. The van der Waals surface area contributed by atoms with Gasteiger partial charge in [-0.25, -0.2) is 18.8 Å². The van der Waals surface area contributed by atoms with E-state index in [-0.39, 0.29) is 24.2 Å². The molecule has 2 aromatic rings. The van der Waals surface area contributed by atoms with Crippen LogP contribution in [0.15, 0.2) is 21.7 Å². The molecule has 2 rings (SSSR count). The fourth-order valence-electron chi connectivity index (χ4n) is 2.36. The summed E-state index contributed by atoms with van der Waals surface area (Å²) in [4.78, 5) is 36.9.